The summed E-state index contributed by atoms with van der Waals surface area (Å²) in [6.07, 6.45) is 7.32. The summed E-state index contributed by atoms with van der Waals surface area (Å²) in [7, 11) is 2.03. The third kappa shape index (κ3) is 0.895. The molecule has 0 aliphatic heterocycles. The first-order valence-corrected chi connectivity index (χ1v) is 3.83. The third-order valence-electron chi connectivity index (χ3n) is 2.05. The van der Waals surface area contributed by atoms with E-state index < -0.39 is 0 Å². The molecule has 1 aromatic heterocycles. The molecule has 0 N–H and O–H groups in total. The van der Waals surface area contributed by atoms with E-state index in [-0.39, 0.29) is 0 Å². The number of benzene rings is 1. The number of fused-ring (bicyclic) bond motifs is 1. The molecule has 0 aliphatic rings. The molecule has 0 atom stereocenters. The van der Waals surface area contributed by atoms with Crippen molar-refractivity contribution in [1.82, 2.24) is 4.57 Å². The van der Waals surface area contributed by atoms with Gasteiger partial charge in [-0.15, -0.1) is 6.42 Å². The van der Waals surface area contributed by atoms with Crippen LogP contribution in [0.3, 0.4) is 0 Å². The van der Waals surface area contributed by atoms with Gasteiger partial charge in [0, 0.05) is 29.7 Å². The van der Waals surface area contributed by atoms with Gasteiger partial charge in [-0.05, 0) is 24.3 Å². The van der Waals surface area contributed by atoms with E-state index in [2.05, 4.69) is 16.6 Å². The summed E-state index contributed by atoms with van der Waals surface area (Å²) < 4.78 is 2.08. The molecular formula is C11H9N. The first kappa shape index (κ1) is 7.00. The van der Waals surface area contributed by atoms with Crippen LogP contribution in [0.15, 0.2) is 30.5 Å². The quantitative estimate of drug-likeness (QED) is 0.514. The molecule has 2 rings (SSSR count). The molecule has 0 fully saturated rings. The van der Waals surface area contributed by atoms with Gasteiger partial charge in [-0.1, -0.05) is 5.92 Å². The number of nitrogens with zero attached hydrogens (tertiary/aromatic N) is 1. The summed E-state index contributed by atoms with van der Waals surface area (Å²) in [4.78, 5) is 0. The lowest BCUT2D eigenvalue weighted by atomic mass is 10.2. The van der Waals surface area contributed by atoms with Gasteiger partial charge in [-0.25, -0.2) is 0 Å². The van der Waals surface area contributed by atoms with Crippen molar-refractivity contribution in [2.75, 3.05) is 0 Å². The maximum absolute atomic E-state index is 5.29. The van der Waals surface area contributed by atoms with E-state index in [4.69, 9.17) is 6.42 Å². The molecule has 1 nitrogen and oxygen atoms in total. The maximum atomic E-state index is 5.29. The fourth-order valence-electron chi connectivity index (χ4n) is 1.37. The SMILES string of the molecule is C#Cc1ccc2c(ccn2C)c1. The fourth-order valence-corrected chi connectivity index (χ4v) is 1.37. The zero-order valence-corrected chi connectivity index (χ0v) is 6.91. The zero-order chi connectivity index (χ0) is 8.55. The van der Waals surface area contributed by atoms with Gasteiger partial charge in [-0.3, -0.25) is 0 Å². The highest BCUT2D eigenvalue weighted by molar-refractivity contribution is 5.81. The van der Waals surface area contributed by atoms with Crippen molar-refractivity contribution >= 4 is 10.9 Å². The second-order valence-electron chi connectivity index (χ2n) is 2.84. The molecule has 1 heterocycles. The van der Waals surface area contributed by atoms with Crippen LogP contribution in [0.1, 0.15) is 5.56 Å². The second kappa shape index (κ2) is 2.42. The van der Waals surface area contributed by atoms with Crippen LogP contribution >= 0.6 is 0 Å². The van der Waals surface area contributed by atoms with Crippen LogP contribution in [0.25, 0.3) is 10.9 Å². The van der Waals surface area contributed by atoms with Crippen LogP contribution in [0.4, 0.5) is 0 Å². The number of hydrogen-bond acceptors (Lipinski definition) is 0. The van der Waals surface area contributed by atoms with Crippen molar-refractivity contribution in [3.63, 3.8) is 0 Å². The molecule has 12 heavy (non-hydrogen) atoms. The minimum atomic E-state index is 0.939. The minimum Gasteiger partial charge on any atom is -0.351 e. The number of aromatic nitrogens is 1. The molecule has 0 bridgehead atoms. The lowest BCUT2D eigenvalue weighted by molar-refractivity contribution is 0.969. The molecule has 0 spiro atoms. The molecule has 58 valence electrons. The molecule has 0 amide bonds. The topological polar surface area (TPSA) is 4.93 Å². The maximum Gasteiger partial charge on any atom is 0.0478 e. The van der Waals surface area contributed by atoms with Gasteiger partial charge >= 0.3 is 0 Å². The highest BCUT2D eigenvalue weighted by atomic mass is 14.9. The van der Waals surface area contributed by atoms with Gasteiger partial charge < -0.3 is 4.57 Å². The predicted molar refractivity (Wildman–Crippen MR) is 50.9 cm³/mol. The first-order chi connectivity index (χ1) is 5.81. The number of rotatable bonds is 0. The van der Waals surface area contributed by atoms with E-state index in [0.29, 0.717) is 0 Å². The fraction of sp³-hybridized carbons (Fsp3) is 0.0909. The highest BCUT2D eigenvalue weighted by Crippen LogP contribution is 2.15. The summed E-state index contributed by atoms with van der Waals surface area (Å²) in [5.41, 5.74) is 2.16. The normalized spacial score (nSPS) is 10.0. The van der Waals surface area contributed by atoms with Crippen molar-refractivity contribution in [1.29, 1.82) is 0 Å². The van der Waals surface area contributed by atoms with E-state index in [1.165, 1.54) is 10.9 Å². The monoisotopic (exact) mass is 155 g/mol. The van der Waals surface area contributed by atoms with Crippen molar-refractivity contribution in [2.45, 2.75) is 0 Å². The molecule has 0 unspecified atom stereocenters. The third-order valence-corrected chi connectivity index (χ3v) is 2.05. The molecule has 0 saturated heterocycles. The Kier molecular flexibility index (Phi) is 1.41. The van der Waals surface area contributed by atoms with E-state index in [1.54, 1.807) is 0 Å². The van der Waals surface area contributed by atoms with Crippen LogP contribution in [0, 0.1) is 12.3 Å². The summed E-state index contributed by atoms with van der Waals surface area (Å²) in [6, 6.07) is 8.10. The van der Waals surface area contributed by atoms with Crippen LogP contribution in [-0.2, 0) is 7.05 Å². The van der Waals surface area contributed by atoms with E-state index >= 15 is 0 Å². The molecule has 2 aromatic rings. The Morgan fingerprint density at radius 2 is 2.17 bits per heavy atom. The number of aryl methyl sites for hydroxylation is 1. The van der Waals surface area contributed by atoms with Crippen LogP contribution in [0.2, 0.25) is 0 Å². The van der Waals surface area contributed by atoms with Gasteiger partial charge in [0.15, 0.2) is 0 Å². The number of terminal acetylenes is 1. The van der Waals surface area contributed by atoms with Crippen molar-refractivity contribution in [3.05, 3.63) is 36.0 Å². The van der Waals surface area contributed by atoms with Crippen LogP contribution in [-0.4, -0.2) is 4.57 Å². The van der Waals surface area contributed by atoms with E-state index in [9.17, 15) is 0 Å². The summed E-state index contributed by atoms with van der Waals surface area (Å²) in [5.74, 6) is 2.62. The number of hydrogen-bond donors (Lipinski definition) is 0. The lowest BCUT2D eigenvalue weighted by Gasteiger charge is -1.95. The van der Waals surface area contributed by atoms with E-state index in [1.807, 2.05) is 31.4 Å². The van der Waals surface area contributed by atoms with Gasteiger partial charge in [0.05, 0.1) is 0 Å². The Balaban J connectivity index is 2.80. The van der Waals surface area contributed by atoms with Crippen LogP contribution in [0.5, 0.6) is 0 Å². The lowest BCUT2D eigenvalue weighted by Crippen LogP contribution is -1.83. The van der Waals surface area contributed by atoms with Gasteiger partial charge in [-0.2, -0.15) is 0 Å². The minimum absolute atomic E-state index is 0.939. The average Bonchev–Trinajstić information content (AvgIpc) is 2.47. The first-order valence-electron chi connectivity index (χ1n) is 3.83. The standard InChI is InChI=1S/C11H9N/c1-3-9-4-5-11-10(8-9)6-7-12(11)2/h1,4-8H,2H3. The Hall–Kier alpha value is -1.68. The Labute approximate surface area is 71.6 Å². The van der Waals surface area contributed by atoms with Gasteiger partial charge in [0.1, 0.15) is 0 Å². The molecule has 1 heteroatoms. The summed E-state index contributed by atoms with van der Waals surface area (Å²) in [6.45, 7) is 0. The zero-order valence-electron chi connectivity index (χ0n) is 6.91. The van der Waals surface area contributed by atoms with Crippen molar-refractivity contribution in [3.8, 4) is 12.3 Å². The molecule has 0 saturated carbocycles. The van der Waals surface area contributed by atoms with Crippen molar-refractivity contribution in [2.24, 2.45) is 7.05 Å². The molecule has 0 aliphatic carbocycles. The highest BCUT2D eigenvalue weighted by Gasteiger charge is 1.96. The van der Waals surface area contributed by atoms with Crippen LogP contribution < -0.4 is 0 Å². The molecule has 0 radical (unpaired) electrons. The Morgan fingerprint density at radius 1 is 1.33 bits per heavy atom. The van der Waals surface area contributed by atoms with Gasteiger partial charge in [0.25, 0.3) is 0 Å². The largest absolute Gasteiger partial charge is 0.351 e. The summed E-state index contributed by atoms with van der Waals surface area (Å²) >= 11 is 0. The molecule has 1 aromatic carbocycles. The smallest absolute Gasteiger partial charge is 0.0478 e. The summed E-state index contributed by atoms with van der Waals surface area (Å²) in [5, 5.41) is 1.20. The Morgan fingerprint density at radius 3 is 2.92 bits per heavy atom. The van der Waals surface area contributed by atoms with E-state index in [0.717, 1.165) is 5.56 Å². The van der Waals surface area contributed by atoms with Gasteiger partial charge in [0.2, 0.25) is 0 Å². The Bertz CT molecular complexity index is 457. The second-order valence-corrected chi connectivity index (χ2v) is 2.84. The average molecular weight is 155 g/mol. The van der Waals surface area contributed by atoms with Crippen molar-refractivity contribution < 1.29 is 0 Å². The predicted octanol–water partition coefficient (Wildman–Crippen LogP) is 2.16. The molecular weight excluding hydrogens is 146 g/mol.